The molecule has 0 N–H and O–H groups in total. The second kappa shape index (κ2) is 7.35. The van der Waals surface area contributed by atoms with Crippen LogP contribution in [-0.4, -0.2) is 24.6 Å². The van der Waals surface area contributed by atoms with Gasteiger partial charge in [-0.3, -0.25) is 9.59 Å². The Kier molecular flexibility index (Phi) is 5.47. The summed E-state index contributed by atoms with van der Waals surface area (Å²) in [5, 5.41) is 6.71. The molecule has 0 atom stereocenters. The maximum atomic E-state index is 11.3. The number of carbonyl (C=O) groups excluding carboxylic acids is 2. The van der Waals surface area contributed by atoms with E-state index in [1.807, 2.05) is 43.3 Å². The first kappa shape index (κ1) is 17.1. The highest BCUT2D eigenvalue weighted by Gasteiger charge is 2.10. The van der Waals surface area contributed by atoms with Gasteiger partial charge in [-0.2, -0.15) is 10.2 Å². The van der Waals surface area contributed by atoms with Gasteiger partial charge in [0.15, 0.2) is 0 Å². The van der Waals surface area contributed by atoms with Crippen molar-refractivity contribution in [1.82, 2.24) is 0 Å². The number of carbonyl (C=O) groups is 2. The van der Waals surface area contributed by atoms with Gasteiger partial charge in [-0.25, -0.2) is 0 Å². The molecule has 2 aromatic rings. The number of azo groups is 1. The Morgan fingerprint density at radius 3 is 1.74 bits per heavy atom. The van der Waals surface area contributed by atoms with Gasteiger partial charge in [0.05, 0.1) is 11.4 Å². The van der Waals surface area contributed by atoms with Crippen LogP contribution in [0.3, 0.4) is 0 Å². The van der Waals surface area contributed by atoms with Crippen molar-refractivity contribution < 1.29 is 9.59 Å². The Labute approximate surface area is 143 Å². The molecule has 0 saturated carbocycles. The molecule has 0 spiro atoms. The zero-order chi connectivity index (χ0) is 17.0. The van der Waals surface area contributed by atoms with E-state index in [1.54, 1.807) is 0 Å². The molecule has 0 aliphatic heterocycles. The molecule has 0 unspecified atom stereocenters. The normalized spacial score (nSPS) is 10.8. The van der Waals surface area contributed by atoms with E-state index >= 15 is 0 Å². The van der Waals surface area contributed by atoms with E-state index in [2.05, 4.69) is 10.2 Å². The molecular formula is C16H13Cl2N3O2. The van der Waals surface area contributed by atoms with Crippen LogP contribution in [0, 0.1) is 0 Å². The first-order valence-electron chi connectivity index (χ1n) is 6.60. The van der Waals surface area contributed by atoms with E-state index < -0.39 is 10.5 Å². The summed E-state index contributed by atoms with van der Waals surface area (Å²) in [7, 11) is 3.88. The lowest BCUT2D eigenvalue weighted by Crippen LogP contribution is -2.07. The van der Waals surface area contributed by atoms with Crippen LogP contribution >= 0.6 is 23.2 Å². The molecule has 0 aliphatic carbocycles. The highest BCUT2D eigenvalue weighted by Crippen LogP contribution is 2.24. The first-order valence-corrected chi connectivity index (χ1v) is 7.36. The molecule has 23 heavy (non-hydrogen) atoms. The molecule has 2 rings (SSSR count). The zero-order valence-corrected chi connectivity index (χ0v) is 14.0. The largest absolute Gasteiger partial charge is 0.378 e. The molecule has 0 bridgehead atoms. The fraction of sp³-hybridized carbons (Fsp3) is 0.125. The average Bonchev–Trinajstić information content (AvgIpc) is 2.52. The van der Waals surface area contributed by atoms with E-state index in [1.165, 1.54) is 18.2 Å². The minimum absolute atomic E-state index is 0.134. The van der Waals surface area contributed by atoms with Gasteiger partial charge < -0.3 is 4.90 Å². The molecule has 0 amide bonds. The average molecular weight is 350 g/mol. The Bertz CT molecular complexity index is 739. The third kappa shape index (κ3) is 4.61. The van der Waals surface area contributed by atoms with Crippen molar-refractivity contribution in [3.63, 3.8) is 0 Å². The van der Waals surface area contributed by atoms with Crippen LogP contribution in [0.25, 0.3) is 0 Å². The van der Waals surface area contributed by atoms with Gasteiger partial charge in [0.1, 0.15) is 0 Å². The third-order valence-corrected chi connectivity index (χ3v) is 3.46. The number of hydrogen-bond donors (Lipinski definition) is 0. The van der Waals surface area contributed by atoms with Gasteiger partial charge in [-0.1, -0.05) is 0 Å². The van der Waals surface area contributed by atoms with Gasteiger partial charge in [-0.05, 0) is 65.7 Å². The maximum absolute atomic E-state index is 11.3. The van der Waals surface area contributed by atoms with Gasteiger partial charge in [0.2, 0.25) is 0 Å². The molecule has 0 saturated heterocycles. The molecule has 0 fully saturated rings. The standard InChI is InChI=1S/C16H13Cl2N3O2/c1-21(2)14-5-3-12(4-6-14)19-20-13-8-10(15(17)22)7-11(9-13)16(18)23/h3-9H,1-2H3. The molecular weight excluding hydrogens is 337 g/mol. The monoisotopic (exact) mass is 349 g/mol. The van der Waals surface area contributed by atoms with Crippen molar-refractivity contribution >= 4 is 50.7 Å². The predicted octanol–water partition coefficient (Wildman–Crippen LogP) is 4.93. The van der Waals surface area contributed by atoms with E-state index in [0.717, 1.165) is 5.69 Å². The molecule has 118 valence electrons. The van der Waals surface area contributed by atoms with Gasteiger partial charge in [0, 0.05) is 30.9 Å². The van der Waals surface area contributed by atoms with Crippen molar-refractivity contribution in [3.05, 3.63) is 53.6 Å². The minimum Gasteiger partial charge on any atom is -0.378 e. The highest BCUT2D eigenvalue weighted by atomic mass is 35.5. The van der Waals surface area contributed by atoms with Crippen LogP contribution in [0.2, 0.25) is 0 Å². The molecule has 0 heterocycles. The van der Waals surface area contributed by atoms with Crippen LogP contribution in [0.5, 0.6) is 0 Å². The summed E-state index contributed by atoms with van der Waals surface area (Å²) >= 11 is 10.9. The number of anilines is 1. The van der Waals surface area contributed by atoms with Crippen molar-refractivity contribution in [1.29, 1.82) is 0 Å². The number of halogens is 2. The molecule has 0 radical (unpaired) electrons. The first-order chi connectivity index (χ1) is 10.9. The zero-order valence-electron chi connectivity index (χ0n) is 12.5. The van der Waals surface area contributed by atoms with Crippen molar-refractivity contribution in [2.24, 2.45) is 10.2 Å². The quantitative estimate of drug-likeness (QED) is 0.568. The molecule has 0 aromatic heterocycles. The summed E-state index contributed by atoms with van der Waals surface area (Å²) in [6.45, 7) is 0. The van der Waals surface area contributed by atoms with E-state index in [-0.39, 0.29) is 11.1 Å². The van der Waals surface area contributed by atoms with Crippen LogP contribution in [-0.2, 0) is 0 Å². The fourth-order valence-corrected chi connectivity index (χ4v) is 2.05. The van der Waals surface area contributed by atoms with E-state index in [0.29, 0.717) is 11.4 Å². The fourth-order valence-electron chi connectivity index (χ4n) is 1.83. The SMILES string of the molecule is CN(C)c1ccc(N=Nc2cc(C(=O)Cl)cc(C(=O)Cl)c2)cc1. The van der Waals surface area contributed by atoms with E-state index in [9.17, 15) is 9.59 Å². The summed E-state index contributed by atoms with van der Waals surface area (Å²) in [5.41, 5.74) is 2.26. The Hall–Kier alpha value is -2.24. The number of nitrogens with zero attached hydrogens (tertiary/aromatic N) is 3. The van der Waals surface area contributed by atoms with E-state index in [4.69, 9.17) is 23.2 Å². The van der Waals surface area contributed by atoms with Gasteiger partial charge in [-0.15, -0.1) is 0 Å². The summed E-state index contributed by atoms with van der Waals surface area (Å²) in [6.07, 6.45) is 0. The molecule has 2 aromatic carbocycles. The molecule has 7 heteroatoms. The lowest BCUT2D eigenvalue weighted by Gasteiger charge is -2.11. The summed E-state index contributed by atoms with van der Waals surface area (Å²) < 4.78 is 0. The summed E-state index contributed by atoms with van der Waals surface area (Å²) in [6, 6.07) is 11.6. The highest BCUT2D eigenvalue weighted by molar-refractivity contribution is 6.69. The van der Waals surface area contributed by atoms with Gasteiger partial charge >= 0.3 is 0 Å². The van der Waals surface area contributed by atoms with Crippen molar-refractivity contribution in [2.45, 2.75) is 0 Å². The van der Waals surface area contributed by atoms with Crippen LogP contribution in [0.15, 0.2) is 52.7 Å². The Morgan fingerprint density at radius 1 is 0.826 bits per heavy atom. The number of rotatable bonds is 5. The van der Waals surface area contributed by atoms with Gasteiger partial charge in [0.25, 0.3) is 10.5 Å². The Balaban J connectivity index is 2.31. The van der Waals surface area contributed by atoms with Crippen LogP contribution in [0.4, 0.5) is 17.1 Å². The minimum atomic E-state index is -0.698. The molecule has 0 aliphatic rings. The number of hydrogen-bond acceptors (Lipinski definition) is 5. The van der Waals surface area contributed by atoms with Crippen molar-refractivity contribution in [2.75, 3.05) is 19.0 Å². The lowest BCUT2D eigenvalue weighted by atomic mass is 10.1. The summed E-state index contributed by atoms with van der Waals surface area (Å²) in [4.78, 5) is 24.5. The third-order valence-electron chi connectivity index (χ3n) is 3.02. The Morgan fingerprint density at radius 2 is 1.30 bits per heavy atom. The lowest BCUT2D eigenvalue weighted by molar-refractivity contribution is 0.108. The molecule has 5 nitrogen and oxygen atoms in total. The topological polar surface area (TPSA) is 62.1 Å². The predicted molar refractivity (Wildman–Crippen MR) is 91.8 cm³/mol. The van der Waals surface area contributed by atoms with Crippen LogP contribution < -0.4 is 4.90 Å². The van der Waals surface area contributed by atoms with Crippen LogP contribution in [0.1, 0.15) is 20.7 Å². The number of benzene rings is 2. The summed E-state index contributed by atoms with van der Waals surface area (Å²) in [5.74, 6) is 0. The maximum Gasteiger partial charge on any atom is 0.252 e. The second-order valence-electron chi connectivity index (χ2n) is 4.93. The second-order valence-corrected chi connectivity index (χ2v) is 5.61. The smallest absolute Gasteiger partial charge is 0.252 e. The van der Waals surface area contributed by atoms with Crippen molar-refractivity contribution in [3.8, 4) is 0 Å².